The molecule has 1 aromatic carbocycles. The van der Waals surface area contributed by atoms with Crippen molar-refractivity contribution in [2.45, 2.75) is 33.2 Å². The van der Waals surface area contributed by atoms with Crippen molar-refractivity contribution >= 4 is 11.7 Å². The van der Waals surface area contributed by atoms with E-state index < -0.39 is 0 Å². The molecular weight excluding hydrogens is 314 g/mol. The molecular formula is C19H21N5O. The minimum Gasteiger partial charge on any atom is -0.307 e. The lowest BCUT2D eigenvalue weighted by molar-refractivity contribution is 0.102. The van der Waals surface area contributed by atoms with E-state index in [4.69, 9.17) is 0 Å². The van der Waals surface area contributed by atoms with Gasteiger partial charge in [0.15, 0.2) is 5.82 Å². The van der Waals surface area contributed by atoms with Gasteiger partial charge in [0.05, 0.1) is 16.8 Å². The second kappa shape index (κ2) is 6.47. The quantitative estimate of drug-likeness (QED) is 0.793. The molecule has 3 aromatic rings. The normalized spacial score (nSPS) is 11.4. The van der Waals surface area contributed by atoms with Crippen molar-refractivity contribution in [1.29, 1.82) is 0 Å². The molecule has 0 spiro atoms. The molecule has 3 rings (SSSR count). The smallest absolute Gasteiger partial charge is 0.259 e. The Morgan fingerprint density at radius 2 is 1.72 bits per heavy atom. The molecule has 2 aromatic heterocycles. The van der Waals surface area contributed by atoms with Crippen molar-refractivity contribution < 1.29 is 4.79 Å². The van der Waals surface area contributed by atoms with Gasteiger partial charge in [-0.2, -0.15) is 5.10 Å². The van der Waals surface area contributed by atoms with Crippen LogP contribution in [0.25, 0.3) is 11.4 Å². The van der Waals surface area contributed by atoms with E-state index in [-0.39, 0.29) is 11.4 Å². The lowest BCUT2D eigenvalue weighted by Gasteiger charge is -2.22. The highest BCUT2D eigenvalue weighted by atomic mass is 16.1. The van der Waals surface area contributed by atoms with Gasteiger partial charge in [0.1, 0.15) is 5.82 Å². The summed E-state index contributed by atoms with van der Waals surface area (Å²) in [7, 11) is 0. The molecule has 2 heterocycles. The molecule has 1 amide bonds. The summed E-state index contributed by atoms with van der Waals surface area (Å²) in [6, 6.07) is 11.5. The van der Waals surface area contributed by atoms with Crippen molar-refractivity contribution in [3.8, 4) is 11.4 Å². The molecule has 6 heteroatoms. The number of amides is 1. The number of aromatic nitrogens is 4. The zero-order chi connectivity index (χ0) is 18.0. The molecule has 0 atom stereocenters. The Hall–Kier alpha value is -3.02. The number of aryl methyl sites for hydroxylation is 1. The average molecular weight is 335 g/mol. The third kappa shape index (κ3) is 3.74. The molecule has 0 aliphatic carbocycles. The summed E-state index contributed by atoms with van der Waals surface area (Å²) in [5.74, 6) is 0.986. The van der Waals surface area contributed by atoms with E-state index in [1.165, 1.54) is 12.4 Å². The van der Waals surface area contributed by atoms with Crippen LogP contribution in [0, 0.1) is 6.92 Å². The molecule has 0 saturated carbocycles. The third-order valence-electron chi connectivity index (χ3n) is 3.65. The van der Waals surface area contributed by atoms with Crippen LogP contribution in [-0.2, 0) is 5.54 Å². The second-order valence-electron chi connectivity index (χ2n) is 6.87. The zero-order valence-electron chi connectivity index (χ0n) is 14.8. The molecule has 0 fully saturated rings. The summed E-state index contributed by atoms with van der Waals surface area (Å²) in [4.78, 5) is 21.1. The number of hydrogen-bond acceptors (Lipinski definition) is 4. The molecule has 0 radical (unpaired) electrons. The number of anilines is 1. The number of carbonyl (C=O) groups is 1. The van der Waals surface area contributed by atoms with E-state index in [1.807, 2.05) is 64.1 Å². The lowest BCUT2D eigenvalue weighted by Crippen LogP contribution is -2.26. The maximum absolute atomic E-state index is 12.5. The standard InChI is InChI=1S/C19H21N5O/c1-13-10-16(24(23-13)19(2,3)4)22-18(25)15-11-20-17(21-12-15)14-8-6-5-7-9-14/h5-12H,1-4H3,(H,22,25). The van der Waals surface area contributed by atoms with Crippen LogP contribution in [0.3, 0.4) is 0 Å². The maximum atomic E-state index is 12.5. The maximum Gasteiger partial charge on any atom is 0.259 e. The van der Waals surface area contributed by atoms with Gasteiger partial charge in [-0.25, -0.2) is 14.6 Å². The molecule has 0 bridgehead atoms. The van der Waals surface area contributed by atoms with E-state index in [1.54, 1.807) is 4.68 Å². The first-order chi connectivity index (χ1) is 11.8. The fourth-order valence-electron chi connectivity index (χ4n) is 2.47. The Morgan fingerprint density at radius 1 is 1.08 bits per heavy atom. The first-order valence-electron chi connectivity index (χ1n) is 8.10. The Bertz CT molecular complexity index is 876. The summed E-state index contributed by atoms with van der Waals surface area (Å²) in [6.45, 7) is 8.00. The van der Waals surface area contributed by atoms with E-state index >= 15 is 0 Å². The van der Waals surface area contributed by atoms with Gasteiger partial charge in [0.25, 0.3) is 5.91 Å². The average Bonchev–Trinajstić information content (AvgIpc) is 2.96. The van der Waals surface area contributed by atoms with Crippen LogP contribution in [0.2, 0.25) is 0 Å². The van der Waals surface area contributed by atoms with E-state index in [9.17, 15) is 4.79 Å². The van der Waals surface area contributed by atoms with Crippen LogP contribution in [0.15, 0.2) is 48.8 Å². The van der Waals surface area contributed by atoms with Crippen molar-refractivity contribution in [3.63, 3.8) is 0 Å². The lowest BCUT2D eigenvalue weighted by atomic mass is 10.1. The highest BCUT2D eigenvalue weighted by Gasteiger charge is 2.20. The highest BCUT2D eigenvalue weighted by molar-refractivity contribution is 6.03. The summed E-state index contributed by atoms with van der Waals surface area (Å²) in [5.41, 5.74) is 1.93. The number of benzene rings is 1. The predicted molar refractivity (Wildman–Crippen MR) is 97.4 cm³/mol. The monoisotopic (exact) mass is 335 g/mol. The fourth-order valence-corrected chi connectivity index (χ4v) is 2.47. The Labute approximate surface area is 146 Å². The van der Waals surface area contributed by atoms with Crippen LogP contribution in [0.5, 0.6) is 0 Å². The fraction of sp³-hybridized carbons (Fsp3) is 0.263. The van der Waals surface area contributed by atoms with Gasteiger partial charge >= 0.3 is 0 Å². The summed E-state index contributed by atoms with van der Waals surface area (Å²) >= 11 is 0. The summed E-state index contributed by atoms with van der Waals surface area (Å²) in [6.07, 6.45) is 3.07. The molecule has 1 N–H and O–H groups in total. The van der Waals surface area contributed by atoms with Gasteiger partial charge in [-0.3, -0.25) is 4.79 Å². The Kier molecular flexibility index (Phi) is 4.35. The van der Waals surface area contributed by atoms with Gasteiger partial charge in [0.2, 0.25) is 0 Å². The van der Waals surface area contributed by atoms with Crippen LogP contribution in [0.4, 0.5) is 5.82 Å². The molecule has 0 unspecified atom stereocenters. The minimum absolute atomic E-state index is 0.232. The largest absolute Gasteiger partial charge is 0.307 e. The number of carbonyl (C=O) groups excluding carboxylic acids is 1. The SMILES string of the molecule is Cc1cc(NC(=O)c2cnc(-c3ccccc3)nc2)n(C(C)(C)C)n1. The van der Waals surface area contributed by atoms with Crippen LogP contribution < -0.4 is 5.32 Å². The molecule has 0 aliphatic heterocycles. The predicted octanol–water partition coefficient (Wildman–Crippen LogP) is 3.66. The highest BCUT2D eigenvalue weighted by Crippen LogP contribution is 2.22. The van der Waals surface area contributed by atoms with Crippen LogP contribution in [-0.4, -0.2) is 25.7 Å². The topological polar surface area (TPSA) is 72.7 Å². The molecule has 128 valence electrons. The first kappa shape index (κ1) is 16.8. The summed E-state index contributed by atoms with van der Waals surface area (Å²) in [5, 5.41) is 7.35. The molecule has 6 nitrogen and oxygen atoms in total. The summed E-state index contributed by atoms with van der Waals surface area (Å²) < 4.78 is 1.80. The van der Waals surface area contributed by atoms with E-state index in [0.717, 1.165) is 11.3 Å². The van der Waals surface area contributed by atoms with Gasteiger partial charge in [0, 0.05) is 24.0 Å². The molecule has 0 aliphatic rings. The Morgan fingerprint density at radius 3 is 2.32 bits per heavy atom. The molecule has 0 saturated heterocycles. The van der Waals surface area contributed by atoms with Gasteiger partial charge in [-0.05, 0) is 27.7 Å². The molecule has 25 heavy (non-hydrogen) atoms. The number of rotatable bonds is 3. The van der Waals surface area contributed by atoms with Crippen LogP contribution in [0.1, 0.15) is 36.8 Å². The van der Waals surface area contributed by atoms with E-state index in [0.29, 0.717) is 17.2 Å². The van der Waals surface area contributed by atoms with Crippen LogP contribution >= 0.6 is 0 Å². The van der Waals surface area contributed by atoms with Gasteiger partial charge in [-0.1, -0.05) is 30.3 Å². The van der Waals surface area contributed by atoms with Crippen molar-refractivity contribution in [1.82, 2.24) is 19.7 Å². The van der Waals surface area contributed by atoms with Crippen molar-refractivity contribution in [2.75, 3.05) is 5.32 Å². The van der Waals surface area contributed by atoms with Crippen molar-refractivity contribution in [3.05, 3.63) is 60.0 Å². The first-order valence-corrected chi connectivity index (χ1v) is 8.10. The van der Waals surface area contributed by atoms with E-state index in [2.05, 4.69) is 20.4 Å². The number of nitrogens with zero attached hydrogens (tertiary/aromatic N) is 4. The minimum atomic E-state index is -0.259. The number of nitrogens with one attached hydrogen (secondary N) is 1. The Balaban J connectivity index is 1.81. The van der Waals surface area contributed by atoms with Gasteiger partial charge < -0.3 is 5.32 Å². The van der Waals surface area contributed by atoms with Crippen molar-refractivity contribution in [2.24, 2.45) is 0 Å². The second-order valence-corrected chi connectivity index (χ2v) is 6.87. The number of hydrogen-bond donors (Lipinski definition) is 1. The zero-order valence-corrected chi connectivity index (χ0v) is 14.8. The van der Waals surface area contributed by atoms with Gasteiger partial charge in [-0.15, -0.1) is 0 Å². The third-order valence-corrected chi connectivity index (χ3v) is 3.65.